The number of anilines is 1. The van der Waals surface area contributed by atoms with E-state index in [-0.39, 0.29) is 47.8 Å². The highest BCUT2D eigenvalue weighted by molar-refractivity contribution is 8.13. The number of thioether (sulfide) groups is 1. The van der Waals surface area contributed by atoms with Crippen molar-refractivity contribution in [3.05, 3.63) is 12.7 Å². The maximum atomic E-state index is 12.6. The molecule has 1 aliphatic rings. The third-order valence-electron chi connectivity index (χ3n) is 6.81. The largest absolute Gasteiger partial charge is 0.481 e. The van der Waals surface area contributed by atoms with Gasteiger partial charge >= 0.3 is 29.6 Å². The van der Waals surface area contributed by atoms with Crippen LogP contribution in [0.15, 0.2) is 12.7 Å². The van der Waals surface area contributed by atoms with Crippen molar-refractivity contribution in [2.45, 2.75) is 57.8 Å². The van der Waals surface area contributed by atoms with Crippen LogP contribution in [0, 0.1) is 5.41 Å². The second-order valence-electron chi connectivity index (χ2n) is 11.5. The van der Waals surface area contributed by atoms with Crippen LogP contribution in [0.1, 0.15) is 33.4 Å². The van der Waals surface area contributed by atoms with E-state index in [1.54, 1.807) is 0 Å². The summed E-state index contributed by atoms with van der Waals surface area (Å²) >= 11 is 1.03. The van der Waals surface area contributed by atoms with E-state index in [0.29, 0.717) is 5.75 Å². The van der Waals surface area contributed by atoms with Gasteiger partial charge < -0.3 is 50.9 Å². The van der Waals surface area contributed by atoms with Gasteiger partial charge in [-0.2, -0.15) is 13.9 Å². The van der Waals surface area contributed by atoms with Gasteiger partial charge in [-0.1, -0.05) is 25.6 Å². The number of nitrogen functional groups attached to an aromatic ring is 1. The Morgan fingerprint density at radius 3 is 2.31 bits per heavy atom. The predicted octanol–water partition coefficient (Wildman–Crippen LogP) is -1.90. The lowest BCUT2D eigenvalue weighted by molar-refractivity contribution is -0.191. The Balaban J connectivity index is 0.00000325. The summed E-state index contributed by atoms with van der Waals surface area (Å²) in [4.78, 5) is 102. The number of nitrogens with one attached hydrogen (secondary N) is 2. The normalized spacial score (nSPS) is 21.5. The number of amides is 2. The van der Waals surface area contributed by atoms with Gasteiger partial charge in [-0.05, 0) is 0 Å². The highest BCUT2D eigenvalue weighted by atomic mass is 32.2. The second-order valence-corrected chi connectivity index (χ2v) is 17.0. The van der Waals surface area contributed by atoms with Crippen LogP contribution >= 0.6 is 35.2 Å². The minimum absolute atomic E-state index is 0.0310. The number of ether oxygens (including phenoxy) is 1. The van der Waals surface area contributed by atoms with Crippen LogP contribution in [0.4, 0.5) is 5.82 Å². The first kappa shape index (κ1) is 47.1. The Kier molecular flexibility index (Phi) is 17.6. The van der Waals surface area contributed by atoms with Gasteiger partial charge in [0.1, 0.15) is 36.3 Å². The molecular weight excluding hydrogens is 815 g/mol. The molecule has 1 aliphatic heterocycles. The predicted molar refractivity (Wildman–Crippen MR) is 178 cm³/mol. The van der Waals surface area contributed by atoms with Crippen LogP contribution in [0.25, 0.3) is 11.2 Å². The van der Waals surface area contributed by atoms with Gasteiger partial charge in [0, 0.05) is 37.6 Å². The van der Waals surface area contributed by atoms with Gasteiger partial charge in [0.15, 0.2) is 22.8 Å². The zero-order valence-corrected chi connectivity index (χ0v) is 31.9. The number of phosphoric ester groups is 3. The first-order chi connectivity index (χ1) is 24.9. The van der Waals surface area contributed by atoms with Crippen molar-refractivity contribution in [3.63, 3.8) is 0 Å². The third-order valence-corrected chi connectivity index (χ3v) is 10.7. The number of phosphoric acid groups is 3. The highest BCUT2D eigenvalue weighted by Gasteiger charge is 2.50. The first-order valence-corrected chi connectivity index (χ1v) is 20.5. The van der Waals surface area contributed by atoms with Crippen molar-refractivity contribution in [3.8, 4) is 0 Å². The summed E-state index contributed by atoms with van der Waals surface area (Å²) < 4.78 is 61.8. The zero-order chi connectivity index (χ0) is 41.1. The molecule has 0 bridgehead atoms. The average molecular weight is 854 g/mol. The Hall–Kier alpha value is -3.06. The van der Waals surface area contributed by atoms with E-state index < -0.39 is 84.6 Å². The average Bonchev–Trinajstić information content (AvgIpc) is 3.61. The Morgan fingerprint density at radius 2 is 1.70 bits per heavy atom. The number of fused-ring (bicyclic) bond motifs is 1. The molecule has 2 aromatic heterocycles. The number of rotatable bonds is 19. The molecule has 304 valence electrons. The van der Waals surface area contributed by atoms with Gasteiger partial charge in [0.2, 0.25) is 11.8 Å². The molecule has 0 aliphatic carbocycles. The van der Waals surface area contributed by atoms with Crippen LogP contribution in [-0.2, 0) is 60.3 Å². The van der Waals surface area contributed by atoms with Crippen molar-refractivity contribution < 1.29 is 90.1 Å². The fraction of sp³-hybridized carbons (Fsp3) is 0.625. The summed E-state index contributed by atoms with van der Waals surface area (Å²) in [6.45, 7) is 1.90. The van der Waals surface area contributed by atoms with Crippen molar-refractivity contribution in [1.29, 1.82) is 0 Å². The molecule has 10 N–H and O–H groups in total. The van der Waals surface area contributed by atoms with Gasteiger partial charge in [-0.25, -0.2) is 28.6 Å². The molecule has 0 saturated carbocycles. The SMILES string of the molecule is CC(=O)SCCNC(=O)CCNC(=O)C(O)C(C)(C)COP(=O)(O)OP(=O)(O)OC[C@H]1O[C@@H](n2cnc3c(N)ncnc32)[C@H](O)[C@@H]1OP(=O)(O)O.O=C=O. The van der Waals surface area contributed by atoms with Crippen molar-refractivity contribution in [1.82, 2.24) is 30.2 Å². The van der Waals surface area contributed by atoms with Crippen LogP contribution in [0.2, 0.25) is 0 Å². The van der Waals surface area contributed by atoms with Crippen molar-refractivity contribution in [2.75, 3.05) is 37.8 Å². The molecule has 26 nitrogen and oxygen atoms in total. The standard InChI is InChI=1S/C23H38N7O17P3S.CO2/c1-12(31)51-7-6-25-14(32)4-5-26-21(35)18(34)23(2,3)9-44-50(41,42)47-49(39,40)43-8-13-17(46-48(36,37)38)16(33)22(45-13)30-11-29-15-19(24)27-10-28-20(15)30;2-1-3/h10-11,13,16-18,22,33-34H,4-9H2,1-3H3,(H,25,32)(H,26,35)(H,39,40)(H,41,42)(H2,24,27,28)(H2,36,37,38);/t13-,16-,17-,18?,22-;/m1./s1. The molecule has 2 aromatic rings. The first-order valence-electron chi connectivity index (χ1n) is 14.9. The van der Waals surface area contributed by atoms with E-state index in [2.05, 4.69) is 34.4 Å². The number of nitrogens with two attached hydrogens (primary N) is 1. The number of carbonyl (C=O) groups is 3. The van der Waals surface area contributed by atoms with Gasteiger partial charge in [-0.15, -0.1) is 0 Å². The molecule has 54 heavy (non-hydrogen) atoms. The molecule has 3 unspecified atom stereocenters. The third kappa shape index (κ3) is 14.9. The number of carbonyl (C=O) groups excluding carboxylic acids is 5. The minimum atomic E-state index is -5.56. The number of hydrogen-bond donors (Lipinski definition) is 9. The summed E-state index contributed by atoms with van der Waals surface area (Å²) in [6.07, 6.45) is -6.63. The van der Waals surface area contributed by atoms with Crippen LogP contribution in [-0.4, -0.2) is 129 Å². The quantitative estimate of drug-likeness (QED) is 0.0550. The molecule has 0 aromatic carbocycles. The minimum Gasteiger partial charge on any atom is -0.386 e. The van der Waals surface area contributed by atoms with E-state index in [4.69, 9.17) is 29.1 Å². The highest BCUT2D eigenvalue weighted by Crippen LogP contribution is 2.61. The van der Waals surface area contributed by atoms with Crippen LogP contribution in [0.3, 0.4) is 0 Å². The van der Waals surface area contributed by atoms with E-state index in [1.165, 1.54) is 20.8 Å². The van der Waals surface area contributed by atoms with Crippen LogP contribution < -0.4 is 16.4 Å². The van der Waals surface area contributed by atoms with Gasteiger partial charge in [0.25, 0.3) is 0 Å². The number of aliphatic hydroxyl groups is 2. The Morgan fingerprint density at radius 1 is 1.07 bits per heavy atom. The monoisotopic (exact) mass is 853 g/mol. The number of hydrogen-bond acceptors (Lipinski definition) is 20. The summed E-state index contributed by atoms with van der Waals surface area (Å²) in [5.41, 5.74) is 4.26. The molecule has 1 saturated heterocycles. The smallest absolute Gasteiger partial charge is 0.386 e. The number of aromatic nitrogens is 4. The summed E-state index contributed by atoms with van der Waals surface area (Å²) in [5, 5.41) is 26.1. The number of imidazole rings is 1. The molecule has 3 heterocycles. The molecule has 0 spiro atoms. The molecule has 2 amide bonds. The van der Waals surface area contributed by atoms with E-state index in [0.717, 1.165) is 29.0 Å². The summed E-state index contributed by atoms with van der Waals surface area (Å²) in [6, 6.07) is 0. The lowest BCUT2D eigenvalue weighted by Gasteiger charge is -2.30. The Labute approximate surface area is 308 Å². The molecule has 3 rings (SSSR count). The number of aliphatic hydroxyl groups excluding tert-OH is 2. The lowest BCUT2D eigenvalue weighted by atomic mass is 9.87. The topological polar surface area (TPSA) is 398 Å². The van der Waals surface area contributed by atoms with Gasteiger partial charge in [0.05, 0.1) is 19.5 Å². The number of nitrogens with zero attached hydrogens (tertiary/aromatic N) is 4. The molecule has 7 atom stereocenters. The molecular formula is C24H38N7O19P3S. The van der Waals surface area contributed by atoms with Gasteiger partial charge in [-0.3, -0.25) is 32.5 Å². The van der Waals surface area contributed by atoms with Crippen LogP contribution in [0.5, 0.6) is 0 Å². The molecule has 0 radical (unpaired) electrons. The fourth-order valence-electron chi connectivity index (χ4n) is 4.32. The summed E-state index contributed by atoms with van der Waals surface area (Å²) in [5.74, 6) is -1.08. The maximum Gasteiger partial charge on any atom is 0.481 e. The summed E-state index contributed by atoms with van der Waals surface area (Å²) in [7, 11) is -16.4. The van der Waals surface area contributed by atoms with Crippen molar-refractivity contribution in [2.24, 2.45) is 5.41 Å². The molecule has 1 fully saturated rings. The fourth-order valence-corrected chi connectivity index (χ4v) is 7.65. The molecule has 30 heteroatoms. The lowest BCUT2D eigenvalue weighted by Crippen LogP contribution is -2.46. The van der Waals surface area contributed by atoms with E-state index in [1.807, 2.05) is 0 Å². The zero-order valence-electron chi connectivity index (χ0n) is 28.4. The Bertz CT molecular complexity index is 1810. The maximum absolute atomic E-state index is 12.6. The van der Waals surface area contributed by atoms with E-state index in [9.17, 15) is 57.9 Å². The van der Waals surface area contributed by atoms with Crippen molar-refractivity contribution >= 4 is 75.3 Å². The van der Waals surface area contributed by atoms with E-state index >= 15 is 0 Å². The second kappa shape index (κ2) is 20.2.